The molecule has 0 amide bonds. The Labute approximate surface area is 347 Å². The van der Waals surface area contributed by atoms with Crippen molar-refractivity contribution in [2.75, 3.05) is 26.4 Å². The fourth-order valence-electron chi connectivity index (χ4n) is 5.12. The van der Waals surface area contributed by atoms with E-state index in [2.05, 4.69) is 59.4 Å². The predicted octanol–water partition coefficient (Wildman–Crippen LogP) is 9.63. The van der Waals surface area contributed by atoms with Gasteiger partial charge in [0.1, 0.15) is 12.7 Å². The summed E-state index contributed by atoms with van der Waals surface area (Å²) in [5.74, 6) is -1.46. The minimum Gasteiger partial charge on any atom is -0.462 e. The molecule has 14 nitrogen and oxygen atoms in total. The van der Waals surface area contributed by atoms with Crippen LogP contribution in [0.25, 0.3) is 0 Å². The molecule has 0 bridgehead atoms. The Hall–Kier alpha value is -2.51. The molecule has 3 atom stereocenters. The van der Waals surface area contributed by atoms with Gasteiger partial charge in [-0.1, -0.05) is 120 Å². The van der Waals surface area contributed by atoms with Gasteiger partial charge in [0.05, 0.1) is 19.8 Å². The lowest BCUT2D eigenvalue weighted by Gasteiger charge is -2.20. The van der Waals surface area contributed by atoms with Crippen molar-refractivity contribution in [2.45, 2.75) is 161 Å². The molecule has 0 aromatic heterocycles. The van der Waals surface area contributed by atoms with Gasteiger partial charge in [-0.05, 0) is 70.3 Å². The number of phosphoric ester groups is 2. The minimum absolute atomic E-state index is 0.0690. The van der Waals surface area contributed by atoms with Gasteiger partial charge in [-0.15, -0.1) is 0 Å². The molecular weight excluding hydrogens is 790 g/mol. The molecule has 0 aliphatic heterocycles. The largest absolute Gasteiger partial charge is 0.472 e. The maximum absolute atomic E-state index is 12.6. The smallest absolute Gasteiger partial charge is 0.462 e. The molecule has 0 aromatic rings. The van der Waals surface area contributed by atoms with E-state index in [0.29, 0.717) is 6.42 Å². The van der Waals surface area contributed by atoms with Crippen LogP contribution < -0.4 is 0 Å². The summed E-state index contributed by atoms with van der Waals surface area (Å²) in [4.78, 5) is 64.8. The highest BCUT2D eigenvalue weighted by atomic mass is 31.2. The topological polar surface area (TPSA) is 212 Å². The summed E-state index contributed by atoms with van der Waals surface area (Å²) >= 11 is 0. The van der Waals surface area contributed by atoms with E-state index in [9.17, 15) is 33.5 Å². The van der Waals surface area contributed by atoms with Gasteiger partial charge >= 0.3 is 27.6 Å². The predicted molar refractivity (Wildman–Crippen MR) is 226 cm³/mol. The fourth-order valence-corrected chi connectivity index (χ4v) is 6.27. The molecule has 0 saturated heterocycles. The van der Waals surface area contributed by atoms with Crippen LogP contribution in [0.15, 0.2) is 60.8 Å². The Bertz CT molecular complexity index is 1320. The Kier molecular flexibility index (Phi) is 35.9. The standard InChI is InChI=1S/C42H72O14P2/c1-3-5-7-9-11-13-15-17-19-21-23-25-27-30-38(43)31-29-33-41(45)52-36-40(37-55-58(50,51)54-35-39(44)34-53-57(47,48)49)56-42(46)32-28-26-24-22-20-18-16-14-12-10-8-6-4-2/h11,13-14,16-17,19,23,25,27,30,39-40,44H,3-10,12,15,18,20-22,24,26,28-29,31-37H2,1-2H3,(H,50,51)(H2,47,48,49)/b13-11-,16-14-,19-17-,25-23-,30-27+/t39-,40+/m0/s1. The van der Waals surface area contributed by atoms with Gasteiger partial charge in [0.25, 0.3) is 0 Å². The number of esters is 2. The van der Waals surface area contributed by atoms with Crippen molar-refractivity contribution in [3.63, 3.8) is 0 Å². The van der Waals surface area contributed by atoms with Crippen molar-refractivity contribution in [1.29, 1.82) is 0 Å². The maximum Gasteiger partial charge on any atom is 0.472 e. The third kappa shape index (κ3) is 40.3. The zero-order valence-electron chi connectivity index (χ0n) is 34.9. The van der Waals surface area contributed by atoms with Gasteiger partial charge in [0.2, 0.25) is 0 Å². The zero-order chi connectivity index (χ0) is 43.2. The molecule has 4 N–H and O–H groups in total. The molecule has 58 heavy (non-hydrogen) atoms. The lowest BCUT2D eigenvalue weighted by atomic mass is 10.1. The summed E-state index contributed by atoms with van der Waals surface area (Å²) in [7, 11) is -9.75. The van der Waals surface area contributed by atoms with Crippen molar-refractivity contribution < 1.29 is 66.3 Å². The van der Waals surface area contributed by atoms with E-state index in [-0.39, 0.29) is 31.5 Å². The van der Waals surface area contributed by atoms with E-state index in [1.807, 2.05) is 6.08 Å². The summed E-state index contributed by atoms with van der Waals surface area (Å²) in [6.07, 6.45) is 35.1. The Morgan fingerprint density at radius 3 is 1.74 bits per heavy atom. The van der Waals surface area contributed by atoms with Gasteiger partial charge in [-0.3, -0.25) is 28.0 Å². The molecule has 0 spiro atoms. The summed E-state index contributed by atoms with van der Waals surface area (Å²) < 4.78 is 47.5. The Morgan fingerprint density at radius 2 is 1.07 bits per heavy atom. The number of ether oxygens (including phenoxy) is 2. The van der Waals surface area contributed by atoms with Crippen LogP contribution in [0.4, 0.5) is 0 Å². The quantitative estimate of drug-likeness (QED) is 0.0113. The third-order valence-electron chi connectivity index (χ3n) is 8.35. The van der Waals surface area contributed by atoms with Crippen LogP contribution in [0, 0.1) is 0 Å². The molecule has 0 rings (SSSR count). The first-order valence-corrected chi connectivity index (χ1v) is 24.0. The lowest BCUT2D eigenvalue weighted by molar-refractivity contribution is -0.161. The second-order valence-electron chi connectivity index (χ2n) is 13.9. The lowest BCUT2D eigenvalue weighted by Crippen LogP contribution is -2.30. The molecule has 0 radical (unpaired) electrons. The molecule has 0 aliphatic carbocycles. The average molecular weight is 863 g/mol. The molecule has 0 aromatic carbocycles. The minimum atomic E-state index is -4.89. The van der Waals surface area contributed by atoms with Crippen LogP contribution in [0.2, 0.25) is 0 Å². The highest BCUT2D eigenvalue weighted by Gasteiger charge is 2.28. The average Bonchev–Trinajstić information content (AvgIpc) is 3.17. The van der Waals surface area contributed by atoms with Crippen molar-refractivity contribution in [1.82, 2.24) is 0 Å². The molecule has 0 heterocycles. The normalized spacial score (nSPS) is 14.6. The number of allylic oxidation sites excluding steroid dienone is 10. The molecule has 1 unspecified atom stereocenters. The number of carbonyl (C=O) groups is 3. The zero-order valence-corrected chi connectivity index (χ0v) is 36.7. The number of phosphoric acid groups is 2. The summed E-state index contributed by atoms with van der Waals surface area (Å²) in [6, 6.07) is 0. The van der Waals surface area contributed by atoms with Crippen LogP contribution in [0.1, 0.15) is 149 Å². The number of hydrogen-bond acceptors (Lipinski definition) is 11. The van der Waals surface area contributed by atoms with E-state index < -0.39 is 66.2 Å². The van der Waals surface area contributed by atoms with Crippen molar-refractivity contribution in [3.8, 4) is 0 Å². The first-order valence-electron chi connectivity index (χ1n) is 20.9. The summed E-state index contributed by atoms with van der Waals surface area (Å²) in [5, 5.41) is 9.72. The molecule has 16 heteroatoms. The molecule has 0 fully saturated rings. The van der Waals surface area contributed by atoms with Crippen LogP contribution in [0.3, 0.4) is 0 Å². The fraction of sp³-hybridized carbons (Fsp3) is 0.690. The third-order valence-corrected chi connectivity index (χ3v) is 9.78. The molecule has 0 aliphatic rings. The number of unbranched alkanes of at least 4 members (excludes halogenated alkanes) is 12. The number of aliphatic hydroxyl groups is 1. The van der Waals surface area contributed by atoms with Crippen LogP contribution >= 0.6 is 15.6 Å². The first-order chi connectivity index (χ1) is 27.8. The molecular formula is C42H72O14P2. The number of aliphatic hydroxyl groups excluding tert-OH is 1. The second-order valence-corrected chi connectivity index (χ2v) is 16.6. The summed E-state index contributed by atoms with van der Waals surface area (Å²) in [5.41, 5.74) is 0. The first kappa shape index (κ1) is 55.5. The van der Waals surface area contributed by atoms with E-state index in [1.54, 1.807) is 12.2 Å². The van der Waals surface area contributed by atoms with Crippen molar-refractivity contribution >= 4 is 33.4 Å². The van der Waals surface area contributed by atoms with Gasteiger partial charge < -0.3 is 29.3 Å². The number of rotatable bonds is 39. The van der Waals surface area contributed by atoms with E-state index >= 15 is 0 Å². The second kappa shape index (κ2) is 37.5. The van der Waals surface area contributed by atoms with Crippen molar-refractivity contribution in [3.05, 3.63) is 60.8 Å². The number of hydrogen-bond donors (Lipinski definition) is 4. The van der Waals surface area contributed by atoms with Gasteiger partial charge in [0.15, 0.2) is 11.9 Å². The van der Waals surface area contributed by atoms with Gasteiger partial charge in [-0.2, -0.15) is 0 Å². The molecule has 334 valence electrons. The van der Waals surface area contributed by atoms with Gasteiger partial charge in [0, 0.05) is 19.3 Å². The highest BCUT2D eigenvalue weighted by Crippen LogP contribution is 2.43. The van der Waals surface area contributed by atoms with Crippen LogP contribution in [-0.2, 0) is 46.6 Å². The van der Waals surface area contributed by atoms with E-state index in [0.717, 1.165) is 57.8 Å². The van der Waals surface area contributed by atoms with Gasteiger partial charge in [-0.25, -0.2) is 9.13 Å². The molecule has 0 saturated carbocycles. The van der Waals surface area contributed by atoms with Crippen LogP contribution in [-0.4, -0.2) is 76.1 Å². The SMILES string of the molecule is CCCCC/C=C\C/C=C\C/C=C\C=C\C(=O)CCCC(=O)OC[C@H](COP(=O)(O)OC[C@@H](O)COP(=O)(O)O)OC(=O)CCCCCCC/C=C\CCCCCC. The van der Waals surface area contributed by atoms with Crippen LogP contribution in [0.5, 0.6) is 0 Å². The highest BCUT2D eigenvalue weighted by molar-refractivity contribution is 7.47. The number of carbonyl (C=O) groups excluding carboxylic acids is 3. The summed E-state index contributed by atoms with van der Waals surface area (Å²) in [6.45, 7) is 1.41. The Morgan fingerprint density at radius 1 is 0.552 bits per heavy atom. The Balaban J connectivity index is 4.75. The van der Waals surface area contributed by atoms with Crippen molar-refractivity contribution in [2.24, 2.45) is 0 Å². The van der Waals surface area contributed by atoms with E-state index in [4.69, 9.17) is 23.8 Å². The monoisotopic (exact) mass is 862 g/mol. The van der Waals surface area contributed by atoms with E-state index in [1.165, 1.54) is 51.0 Å². The maximum atomic E-state index is 12.6. The number of ketones is 1.